The van der Waals surface area contributed by atoms with Crippen LogP contribution in [0.2, 0.25) is 10.0 Å². The van der Waals surface area contributed by atoms with Gasteiger partial charge in [0.25, 0.3) is 21.6 Å². The molecule has 4 aromatic carbocycles. The van der Waals surface area contributed by atoms with E-state index in [0.29, 0.717) is 27.1 Å². The van der Waals surface area contributed by atoms with Crippen molar-refractivity contribution < 1.29 is 27.6 Å². The molecular formula is C29H24Cl2N4O7S. The quantitative estimate of drug-likeness (QED) is 0.116. The molecule has 0 spiro atoms. The summed E-state index contributed by atoms with van der Waals surface area (Å²) in [4.78, 5) is 23.0. The van der Waals surface area contributed by atoms with Crippen molar-refractivity contribution in [1.82, 2.24) is 5.43 Å². The molecule has 1 amide bonds. The minimum atomic E-state index is -4.51. The Balaban J connectivity index is 1.48. The van der Waals surface area contributed by atoms with Crippen LogP contribution in [-0.4, -0.2) is 39.1 Å². The average Bonchev–Trinajstić information content (AvgIpc) is 3.00. The number of nitrogens with one attached hydrogen (secondary N) is 1. The summed E-state index contributed by atoms with van der Waals surface area (Å²) in [5.74, 6) is 0.0496. The number of benzene rings is 4. The number of hydrazone groups is 1. The van der Waals surface area contributed by atoms with E-state index < -0.39 is 38.0 Å². The van der Waals surface area contributed by atoms with Crippen LogP contribution in [0.5, 0.6) is 11.5 Å². The Labute approximate surface area is 257 Å². The zero-order chi connectivity index (χ0) is 31.0. The molecule has 0 bridgehead atoms. The lowest BCUT2D eigenvalue weighted by Crippen LogP contribution is -2.39. The van der Waals surface area contributed by atoms with Gasteiger partial charge in [-0.25, -0.2) is 13.8 Å². The number of hydrogen-bond acceptors (Lipinski definition) is 8. The fraction of sp³-hybridized carbons (Fsp3) is 0.103. The van der Waals surface area contributed by atoms with Gasteiger partial charge >= 0.3 is 0 Å². The second-order valence-corrected chi connectivity index (χ2v) is 11.5. The summed E-state index contributed by atoms with van der Waals surface area (Å²) in [5.41, 5.74) is 3.10. The molecule has 4 rings (SSSR count). The van der Waals surface area contributed by atoms with Crippen LogP contribution in [0.4, 0.5) is 11.4 Å². The van der Waals surface area contributed by atoms with Gasteiger partial charge in [0.1, 0.15) is 13.2 Å². The van der Waals surface area contributed by atoms with Gasteiger partial charge in [-0.3, -0.25) is 19.2 Å². The van der Waals surface area contributed by atoms with E-state index in [0.717, 1.165) is 22.0 Å². The summed E-state index contributed by atoms with van der Waals surface area (Å²) in [6.45, 7) is -0.526. The lowest BCUT2D eigenvalue weighted by atomic mass is 10.2. The fourth-order valence-corrected chi connectivity index (χ4v) is 5.92. The molecule has 0 saturated heterocycles. The zero-order valence-corrected chi connectivity index (χ0v) is 24.8. The minimum absolute atomic E-state index is 0.139. The number of amides is 1. The topological polar surface area (TPSA) is 140 Å². The van der Waals surface area contributed by atoms with Crippen LogP contribution in [-0.2, 0) is 21.4 Å². The number of para-hydroxylation sites is 2. The van der Waals surface area contributed by atoms with Gasteiger partial charge in [-0.05, 0) is 54.1 Å². The summed E-state index contributed by atoms with van der Waals surface area (Å²) >= 11 is 12.1. The molecule has 0 atom stereocenters. The molecule has 14 heteroatoms. The molecule has 1 N–H and O–H groups in total. The van der Waals surface area contributed by atoms with E-state index in [1.807, 2.05) is 0 Å². The van der Waals surface area contributed by atoms with Gasteiger partial charge in [-0.2, -0.15) is 5.10 Å². The second kappa shape index (κ2) is 14.0. The number of anilines is 1. The molecule has 0 unspecified atom stereocenters. The maximum Gasteiger partial charge on any atom is 0.289 e. The third-order valence-corrected chi connectivity index (χ3v) is 8.36. The lowest BCUT2D eigenvalue weighted by Gasteiger charge is -2.23. The first-order chi connectivity index (χ1) is 20.6. The molecule has 0 aliphatic heterocycles. The summed E-state index contributed by atoms with van der Waals surface area (Å²) in [5, 5.41) is 16.4. The first-order valence-corrected chi connectivity index (χ1v) is 14.7. The van der Waals surface area contributed by atoms with Gasteiger partial charge in [0.15, 0.2) is 16.4 Å². The monoisotopic (exact) mass is 642 g/mol. The van der Waals surface area contributed by atoms with E-state index in [4.69, 9.17) is 32.7 Å². The molecular weight excluding hydrogens is 619 g/mol. The Kier molecular flexibility index (Phi) is 10.2. The number of ether oxygens (including phenoxy) is 2. The highest BCUT2D eigenvalue weighted by Crippen LogP contribution is 2.31. The second-order valence-electron chi connectivity index (χ2n) is 8.80. The van der Waals surface area contributed by atoms with Crippen LogP contribution in [0.1, 0.15) is 11.1 Å². The SMILES string of the molecule is COc1cc(C=NNC(=O)CN(c2ccccc2)S(=O)(=O)c2ccccc2[N+](=O)[O-])ccc1OCc1ccc(Cl)cc1Cl. The number of sulfonamides is 1. The van der Waals surface area contributed by atoms with Gasteiger partial charge in [-0.15, -0.1) is 0 Å². The Morgan fingerprint density at radius 3 is 2.42 bits per heavy atom. The molecule has 0 aliphatic rings. The van der Waals surface area contributed by atoms with Crippen molar-refractivity contribution >= 4 is 56.7 Å². The number of methoxy groups -OCH3 is 1. The van der Waals surface area contributed by atoms with Gasteiger partial charge in [0.2, 0.25) is 0 Å². The van der Waals surface area contributed by atoms with Crippen molar-refractivity contribution in [2.24, 2.45) is 5.10 Å². The van der Waals surface area contributed by atoms with E-state index in [2.05, 4.69) is 10.5 Å². The highest BCUT2D eigenvalue weighted by molar-refractivity contribution is 7.93. The molecule has 0 aromatic heterocycles. The van der Waals surface area contributed by atoms with Crippen molar-refractivity contribution in [3.05, 3.63) is 122 Å². The number of carbonyl (C=O) groups excluding carboxylic acids is 1. The first kappa shape index (κ1) is 31.3. The van der Waals surface area contributed by atoms with Gasteiger partial charge in [0, 0.05) is 21.7 Å². The van der Waals surface area contributed by atoms with Gasteiger partial charge < -0.3 is 9.47 Å². The molecule has 0 heterocycles. The number of nitrogens with zero attached hydrogens (tertiary/aromatic N) is 3. The largest absolute Gasteiger partial charge is 0.493 e. The van der Waals surface area contributed by atoms with Crippen molar-refractivity contribution in [2.75, 3.05) is 18.0 Å². The van der Waals surface area contributed by atoms with Crippen molar-refractivity contribution in [2.45, 2.75) is 11.5 Å². The number of nitro groups is 1. The Morgan fingerprint density at radius 1 is 1.00 bits per heavy atom. The van der Waals surface area contributed by atoms with E-state index in [1.54, 1.807) is 54.6 Å². The van der Waals surface area contributed by atoms with Crippen LogP contribution < -0.4 is 19.2 Å². The van der Waals surface area contributed by atoms with Crippen LogP contribution >= 0.6 is 23.2 Å². The van der Waals surface area contributed by atoms with Crippen molar-refractivity contribution in [3.63, 3.8) is 0 Å². The number of rotatable bonds is 12. The smallest absolute Gasteiger partial charge is 0.289 e. The van der Waals surface area contributed by atoms with Crippen LogP contribution in [0.25, 0.3) is 0 Å². The van der Waals surface area contributed by atoms with E-state index in [1.165, 1.54) is 37.6 Å². The zero-order valence-electron chi connectivity index (χ0n) is 22.5. The number of carbonyl (C=O) groups is 1. The molecule has 222 valence electrons. The van der Waals surface area contributed by atoms with Crippen molar-refractivity contribution in [3.8, 4) is 11.5 Å². The van der Waals surface area contributed by atoms with Crippen LogP contribution in [0.15, 0.2) is 101 Å². The number of halogens is 2. The number of nitro benzene ring substituents is 1. The number of hydrogen-bond donors (Lipinski definition) is 1. The minimum Gasteiger partial charge on any atom is -0.493 e. The molecule has 0 saturated carbocycles. The highest BCUT2D eigenvalue weighted by Gasteiger charge is 2.33. The maximum atomic E-state index is 13.5. The van der Waals surface area contributed by atoms with E-state index in [-0.39, 0.29) is 12.3 Å². The maximum absolute atomic E-state index is 13.5. The summed E-state index contributed by atoms with van der Waals surface area (Å²) in [6, 6.07) is 22.7. The third-order valence-electron chi connectivity index (χ3n) is 5.95. The normalized spacial score (nSPS) is 11.2. The molecule has 11 nitrogen and oxygen atoms in total. The third kappa shape index (κ3) is 7.80. The molecule has 4 aromatic rings. The molecule has 0 radical (unpaired) electrons. The lowest BCUT2D eigenvalue weighted by molar-refractivity contribution is -0.387. The molecule has 0 fully saturated rings. The van der Waals surface area contributed by atoms with Gasteiger partial charge in [-0.1, -0.05) is 59.6 Å². The Bertz CT molecular complexity index is 1770. The summed E-state index contributed by atoms with van der Waals surface area (Å²) in [7, 11) is -3.04. The van der Waals surface area contributed by atoms with Crippen LogP contribution in [0, 0.1) is 10.1 Å². The van der Waals surface area contributed by atoms with E-state index >= 15 is 0 Å². The molecule has 43 heavy (non-hydrogen) atoms. The van der Waals surface area contributed by atoms with E-state index in [9.17, 15) is 23.3 Å². The Morgan fingerprint density at radius 2 is 1.72 bits per heavy atom. The molecule has 0 aliphatic carbocycles. The fourth-order valence-electron chi connectivity index (χ4n) is 3.88. The summed E-state index contributed by atoms with van der Waals surface area (Å²) < 4.78 is 39.1. The highest BCUT2D eigenvalue weighted by atomic mass is 35.5. The van der Waals surface area contributed by atoms with Crippen LogP contribution in [0.3, 0.4) is 0 Å². The predicted octanol–water partition coefficient (Wildman–Crippen LogP) is 5.83. The summed E-state index contributed by atoms with van der Waals surface area (Å²) in [6.07, 6.45) is 1.34. The Hall–Kier alpha value is -4.65. The average molecular weight is 644 g/mol. The predicted molar refractivity (Wildman–Crippen MR) is 164 cm³/mol. The standard InChI is InChI=1S/C29H24Cl2N4O7S/c1-41-27-15-20(11-14-26(27)42-19-21-12-13-22(30)16-24(21)31)17-32-33-29(36)18-34(23-7-3-2-4-8-23)43(39,40)28-10-6-5-9-25(28)35(37)38/h2-17H,18-19H2,1H3,(H,33,36). The first-order valence-electron chi connectivity index (χ1n) is 12.5. The van der Waals surface area contributed by atoms with Gasteiger partial charge in [0.05, 0.1) is 23.9 Å². The van der Waals surface area contributed by atoms with Crippen molar-refractivity contribution in [1.29, 1.82) is 0 Å².